The molecule has 0 aromatic heterocycles. The number of halogens is 2. The first-order valence-electron chi connectivity index (χ1n) is 2.04. The summed E-state index contributed by atoms with van der Waals surface area (Å²) in [5, 5.41) is 0. The Hall–Kier alpha value is 1.73. The smallest absolute Gasteiger partial charge is 0.128 e. The summed E-state index contributed by atoms with van der Waals surface area (Å²) in [5.41, 5.74) is 2.74. The van der Waals surface area contributed by atoms with Gasteiger partial charge in [0.05, 0.1) is 0 Å². The molecule has 54 valence electrons. The van der Waals surface area contributed by atoms with Crippen molar-refractivity contribution in [1.29, 1.82) is 0 Å². The van der Waals surface area contributed by atoms with E-state index in [2.05, 4.69) is 25.2 Å². The van der Waals surface area contributed by atoms with Crippen molar-refractivity contribution in [3.05, 3.63) is 0 Å². The van der Waals surface area contributed by atoms with Gasteiger partial charge in [0.25, 0.3) is 0 Å². The minimum atomic E-state index is -1.10. The molecule has 0 unspecified atom stereocenters. The van der Waals surface area contributed by atoms with Gasteiger partial charge in [0.15, 0.2) is 0 Å². The van der Waals surface area contributed by atoms with Crippen molar-refractivity contribution in [1.82, 2.24) is 0 Å². The van der Waals surface area contributed by atoms with Gasteiger partial charge in [-0.05, 0) is 0 Å². The van der Waals surface area contributed by atoms with E-state index in [0.717, 1.165) is 0 Å². The fraction of sp³-hybridized carbons (Fsp3) is 0.600. The SMILES string of the molecule is C#C[Si](C)(C)C.[Ce].[Cl-].[Cl-]. The average molecular weight is 309 g/mol. The largest absolute Gasteiger partial charge is 1.00 e. The molecule has 0 aromatic carbocycles. The number of hydrogen-bond acceptors (Lipinski definition) is 0. The van der Waals surface area contributed by atoms with Crippen LogP contribution in [0.1, 0.15) is 0 Å². The van der Waals surface area contributed by atoms with Crippen molar-refractivity contribution in [2.24, 2.45) is 0 Å². The molecule has 0 aliphatic carbocycles. The van der Waals surface area contributed by atoms with Crippen LogP contribution in [0.4, 0.5) is 0 Å². The monoisotopic (exact) mass is 308 g/mol. The molecule has 0 saturated heterocycles. The van der Waals surface area contributed by atoms with Crippen LogP contribution in [0.2, 0.25) is 19.6 Å². The van der Waals surface area contributed by atoms with E-state index in [9.17, 15) is 0 Å². The third kappa shape index (κ3) is 26.0. The average Bonchev–Trinajstić information content (AvgIpc) is 1.35. The maximum atomic E-state index is 5.12. The van der Waals surface area contributed by atoms with Gasteiger partial charge in [0.1, 0.15) is 8.07 Å². The van der Waals surface area contributed by atoms with Gasteiger partial charge in [0.2, 0.25) is 0 Å². The van der Waals surface area contributed by atoms with Crippen LogP contribution in [-0.2, 0) is 0 Å². The Morgan fingerprint density at radius 3 is 1.22 bits per heavy atom. The Bertz CT molecular complexity index is 81.9. The molecule has 0 aliphatic rings. The van der Waals surface area contributed by atoms with E-state index in [1.807, 2.05) is 0 Å². The summed E-state index contributed by atoms with van der Waals surface area (Å²) >= 11 is 0. The third-order valence-electron chi connectivity index (χ3n) is 0.433. The fourth-order valence-electron chi connectivity index (χ4n) is 0. The second-order valence-corrected chi connectivity index (χ2v) is 7.18. The second-order valence-electron chi connectivity index (χ2n) is 2.39. The van der Waals surface area contributed by atoms with Crippen molar-refractivity contribution in [3.8, 4) is 12.0 Å². The Morgan fingerprint density at radius 1 is 1.11 bits per heavy atom. The van der Waals surface area contributed by atoms with E-state index < -0.39 is 8.07 Å². The quantitative estimate of drug-likeness (QED) is 0.313. The van der Waals surface area contributed by atoms with Crippen LogP contribution < -0.4 is 24.8 Å². The Labute approximate surface area is 105 Å². The third-order valence-corrected chi connectivity index (χ3v) is 1.30. The first-order valence-corrected chi connectivity index (χ1v) is 5.54. The number of rotatable bonds is 0. The van der Waals surface area contributed by atoms with Crippen LogP contribution in [0.5, 0.6) is 0 Å². The van der Waals surface area contributed by atoms with Crippen molar-refractivity contribution in [2.45, 2.75) is 19.6 Å². The predicted molar refractivity (Wildman–Crippen MR) is 32.2 cm³/mol. The summed E-state index contributed by atoms with van der Waals surface area (Å²) in [7, 11) is -1.10. The zero-order valence-corrected chi connectivity index (χ0v) is 11.5. The predicted octanol–water partition coefficient (Wildman–Crippen LogP) is -4.49. The van der Waals surface area contributed by atoms with Crippen molar-refractivity contribution in [2.75, 3.05) is 0 Å². The molecule has 0 nitrogen and oxygen atoms in total. The first-order chi connectivity index (χ1) is 2.56. The van der Waals surface area contributed by atoms with Gasteiger partial charge in [-0.1, -0.05) is 19.6 Å². The van der Waals surface area contributed by atoms with Gasteiger partial charge in [-0.2, -0.15) is 0 Å². The first kappa shape index (κ1) is 22.4. The Morgan fingerprint density at radius 2 is 1.22 bits per heavy atom. The Balaban J connectivity index is -0.0000000417. The van der Waals surface area contributed by atoms with Crippen molar-refractivity contribution in [3.63, 3.8) is 0 Å². The van der Waals surface area contributed by atoms with E-state index in [0.29, 0.717) is 0 Å². The summed E-state index contributed by atoms with van der Waals surface area (Å²) in [6, 6.07) is 0. The molecule has 4 heteroatoms. The van der Waals surface area contributed by atoms with E-state index in [-0.39, 0.29) is 66.6 Å². The van der Waals surface area contributed by atoms with Crippen LogP contribution in [-0.4, -0.2) is 8.07 Å². The van der Waals surface area contributed by atoms with Crippen LogP contribution in [0.25, 0.3) is 0 Å². The zero-order valence-electron chi connectivity index (χ0n) is 5.83. The summed E-state index contributed by atoms with van der Waals surface area (Å²) in [4.78, 5) is 0. The molecule has 0 fully saturated rings. The van der Waals surface area contributed by atoms with Gasteiger partial charge >= 0.3 is 0 Å². The molecule has 9 heavy (non-hydrogen) atoms. The summed E-state index contributed by atoms with van der Waals surface area (Å²) in [6.07, 6.45) is 5.12. The normalized spacial score (nSPS) is 6.89. The van der Waals surface area contributed by atoms with E-state index in [1.165, 1.54) is 0 Å². The van der Waals surface area contributed by atoms with E-state index in [4.69, 9.17) is 6.42 Å². The molecular weight excluding hydrogens is 299 g/mol. The molecule has 0 heterocycles. The van der Waals surface area contributed by atoms with Crippen molar-refractivity contribution >= 4 is 8.07 Å². The fourth-order valence-corrected chi connectivity index (χ4v) is 0. The van der Waals surface area contributed by atoms with Crippen LogP contribution >= 0.6 is 0 Å². The maximum Gasteiger partial charge on any atom is 0.128 e. The Kier molecular flexibility index (Phi) is 24.3. The van der Waals surface area contributed by atoms with Crippen LogP contribution in [0.15, 0.2) is 0 Å². The molecule has 0 aliphatic heterocycles. The molecule has 0 N–H and O–H groups in total. The van der Waals surface area contributed by atoms with Gasteiger partial charge in [0, 0.05) is 41.7 Å². The van der Waals surface area contributed by atoms with Crippen LogP contribution in [0.3, 0.4) is 0 Å². The maximum absolute atomic E-state index is 5.12. The standard InChI is InChI=1S/C5H10Si.Ce.2ClH/c1-5-6(2,3)4;;;/h1H,2-4H3;;2*1H/p-2. The second kappa shape index (κ2) is 9.73. The van der Waals surface area contributed by atoms with E-state index in [1.54, 1.807) is 0 Å². The van der Waals surface area contributed by atoms with Crippen molar-refractivity contribution < 1.29 is 66.6 Å². The van der Waals surface area contributed by atoms with Gasteiger partial charge in [-0.15, -0.1) is 12.0 Å². The zero-order chi connectivity index (χ0) is 5.21. The number of hydrogen-bond donors (Lipinski definition) is 0. The summed E-state index contributed by atoms with van der Waals surface area (Å²) < 4.78 is 0. The molecule has 0 aromatic rings. The topological polar surface area (TPSA) is 0 Å². The van der Waals surface area contributed by atoms with Gasteiger partial charge < -0.3 is 24.8 Å². The minimum absolute atomic E-state index is 0. The van der Waals surface area contributed by atoms with Gasteiger partial charge in [-0.3, -0.25) is 0 Å². The van der Waals surface area contributed by atoms with Gasteiger partial charge in [-0.25, -0.2) is 0 Å². The minimum Gasteiger partial charge on any atom is -1.00 e. The molecular formula is C5H10CeCl2Si-2. The van der Waals surface area contributed by atoms with E-state index >= 15 is 0 Å². The summed E-state index contributed by atoms with van der Waals surface area (Å²) in [5.74, 6) is 0. The molecule has 0 rings (SSSR count). The molecule has 0 bridgehead atoms. The molecule has 0 spiro atoms. The number of terminal acetylenes is 1. The van der Waals surface area contributed by atoms with Crippen LogP contribution in [0, 0.1) is 53.7 Å². The molecule has 0 amide bonds. The summed E-state index contributed by atoms with van der Waals surface area (Å²) in [6.45, 7) is 6.44. The molecule has 0 atom stereocenters. The molecule has 0 radical (unpaired) electrons. The molecule has 0 saturated carbocycles.